The van der Waals surface area contributed by atoms with Crippen molar-refractivity contribution in [2.24, 2.45) is 0 Å². The second kappa shape index (κ2) is 5.51. The van der Waals surface area contributed by atoms with Gasteiger partial charge in [-0.15, -0.1) is 0 Å². The zero-order valence-electron chi connectivity index (χ0n) is 8.10. The normalized spacial score (nSPS) is 22.5. The summed E-state index contributed by atoms with van der Waals surface area (Å²) in [5.41, 5.74) is 0. The molecule has 1 aliphatic rings. The Bertz CT molecular complexity index is 113. The van der Waals surface area contributed by atoms with Crippen LogP contribution in [0, 0.1) is 0 Å². The standard InChI is InChI=1S/C9H20N2O/c1-8(7-12-2)11-9-3-5-10-6-4-9/h8-11H,3-7H2,1-2H3. The van der Waals surface area contributed by atoms with Gasteiger partial charge in [-0.25, -0.2) is 0 Å². The molecule has 1 unspecified atom stereocenters. The lowest BCUT2D eigenvalue weighted by atomic mass is 10.1. The summed E-state index contributed by atoms with van der Waals surface area (Å²) in [6, 6.07) is 1.18. The number of nitrogens with one attached hydrogen (secondary N) is 2. The topological polar surface area (TPSA) is 33.3 Å². The van der Waals surface area contributed by atoms with Gasteiger partial charge >= 0.3 is 0 Å². The summed E-state index contributed by atoms with van der Waals surface area (Å²) < 4.78 is 5.07. The van der Waals surface area contributed by atoms with Crippen LogP contribution < -0.4 is 10.6 Å². The number of rotatable bonds is 4. The molecule has 0 bridgehead atoms. The minimum absolute atomic E-state index is 0.484. The van der Waals surface area contributed by atoms with E-state index < -0.39 is 0 Å². The van der Waals surface area contributed by atoms with Gasteiger partial charge in [0.1, 0.15) is 0 Å². The third kappa shape index (κ3) is 3.52. The first kappa shape index (κ1) is 9.96. The molecule has 1 rings (SSSR count). The molecule has 0 saturated carbocycles. The molecule has 0 spiro atoms. The van der Waals surface area contributed by atoms with Gasteiger partial charge in [-0.2, -0.15) is 0 Å². The molecule has 1 aliphatic heterocycles. The van der Waals surface area contributed by atoms with Crippen LogP contribution in [-0.4, -0.2) is 38.9 Å². The molecule has 3 nitrogen and oxygen atoms in total. The Morgan fingerprint density at radius 1 is 1.50 bits per heavy atom. The van der Waals surface area contributed by atoms with Gasteiger partial charge in [0.05, 0.1) is 6.61 Å². The van der Waals surface area contributed by atoms with Crippen LogP contribution in [0.15, 0.2) is 0 Å². The molecule has 0 aromatic rings. The van der Waals surface area contributed by atoms with Crippen molar-refractivity contribution in [1.82, 2.24) is 10.6 Å². The van der Waals surface area contributed by atoms with Crippen LogP contribution in [0.25, 0.3) is 0 Å². The molecule has 3 heteroatoms. The van der Waals surface area contributed by atoms with Crippen LogP contribution in [-0.2, 0) is 4.74 Å². The summed E-state index contributed by atoms with van der Waals surface area (Å²) in [5, 5.41) is 6.90. The molecule has 0 radical (unpaired) electrons. The molecule has 12 heavy (non-hydrogen) atoms. The second-order valence-electron chi connectivity index (χ2n) is 3.55. The summed E-state index contributed by atoms with van der Waals surface area (Å²) in [5.74, 6) is 0. The molecule has 0 amide bonds. The van der Waals surface area contributed by atoms with Gasteiger partial charge in [0, 0.05) is 19.2 Å². The summed E-state index contributed by atoms with van der Waals surface area (Å²) in [4.78, 5) is 0. The lowest BCUT2D eigenvalue weighted by molar-refractivity contribution is 0.163. The second-order valence-corrected chi connectivity index (χ2v) is 3.55. The number of methoxy groups -OCH3 is 1. The molecule has 1 fully saturated rings. The van der Waals surface area contributed by atoms with Crippen molar-refractivity contribution in [2.75, 3.05) is 26.8 Å². The maximum atomic E-state index is 5.07. The summed E-state index contributed by atoms with van der Waals surface area (Å²) in [6.45, 7) is 5.28. The molecule has 72 valence electrons. The average molecular weight is 172 g/mol. The minimum atomic E-state index is 0.484. The van der Waals surface area contributed by atoms with Gasteiger partial charge < -0.3 is 15.4 Å². The Morgan fingerprint density at radius 3 is 2.75 bits per heavy atom. The van der Waals surface area contributed by atoms with Crippen molar-refractivity contribution in [2.45, 2.75) is 31.8 Å². The Labute approximate surface area is 74.9 Å². The zero-order valence-corrected chi connectivity index (χ0v) is 8.10. The van der Waals surface area contributed by atoms with Crippen molar-refractivity contribution in [3.63, 3.8) is 0 Å². The van der Waals surface area contributed by atoms with Crippen LogP contribution in [0.3, 0.4) is 0 Å². The third-order valence-corrected chi connectivity index (χ3v) is 2.28. The Kier molecular flexibility index (Phi) is 4.58. The monoisotopic (exact) mass is 172 g/mol. The van der Waals surface area contributed by atoms with E-state index in [9.17, 15) is 0 Å². The van der Waals surface area contributed by atoms with Gasteiger partial charge in [-0.3, -0.25) is 0 Å². The van der Waals surface area contributed by atoms with Crippen LogP contribution in [0.5, 0.6) is 0 Å². The molecule has 0 aromatic heterocycles. The van der Waals surface area contributed by atoms with Crippen LogP contribution in [0.1, 0.15) is 19.8 Å². The van der Waals surface area contributed by atoms with Crippen LogP contribution in [0.2, 0.25) is 0 Å². The quantitative estimate of drug-likeness (QED) is 0.642. The summed E-state index contributed by atoms with van der Waals surface area (Å²) in [6.07, 6.45) is 2.49. The Hall–Kier alpha value is -0.120. The molecule has 0 aromatic carbocycles. The van der Waals surface area contributed by atoms with Gasteiger partial charge in [0.15, 0.2) is 0 Å². The molecule has 0 aliphatic carbocycles. The molecule has 2 N–H and O–H groups in total. The van der Waals surface area contributed by atoms with Gasteiger partial charge in [-0.1, -0.05) is 0 Å². The SMILES string of the molecule is COCC(C)NC1CCNCC1. The molecule has 1 atom stereocenters. The van der Waals surface area contributed by atoms with Gasteiger partial charge in [-0.05, 0) is 32.9 Å². The smallest absolute Gasteiger partial charge is 0.0613 e. The van der Waals surface area contributed by atoms with E-state index in [1.54, 1.807) is 7.11 Å². The average Bonchev–Trinajstić information content (AvgIpc) is 2.06. The maximum Gasteiger partial charge on any atom is 0.0613 e. The van der Waals surface area contributed by atoms with E-state index in [-0.39, 0.29) is 0 Å². The first-order valence-corrected chi connectivity index (χ1v) is 4.78. The van der Waals surface area contributed by atoms with E-state index in [0.29, 0.717) is 12.1 Å². The highest BCUT2D eigenvalue weighted by Crippen LogP contribution is 2.02. The first-order valence-electron chi connectivity index (χ1n) is 4.78. The fourth-order valence-electron chi connectivity index (χ4n) is 1.69. The predicted molar refractivity (Wildman–Crippen MR) is 50.4 cm³/mol. The Balaban J connectivity index is 2.11. The molecular weight excluding hydrogens is 152 g/mol. The van der Waals surface area contributed by atoms with Crippen molar-refractivity contribution < 1.29 is 4.74 Å². The van der Waals surface area contributed by atoms with Gasteiger partial charge in [0.25, 0.3) is 0 Å². The van der Waals surface area contributed by atoms with Crippen LogP contribution in [0.4, 0.5) is 0 Å². The fourth-order valence-corrected chi connectivity index (χ4v) is 1.69. The minimum Gasteiger partial charge on any atom is -0.383 e. The molecule has 1 heterocycles. The highest BCUT2D eigenvalue weighted by atomic mass is 16.5. The first-order chi connectivity index (χ1) is 5.83. The predicted octanol–water partition coefficient (Wildman–Crippen LogP) is 0.363. The highest BCUT2D eigenvalue weighted by molar-refractivity contribution is 4.76. The number of hydrogen-bond donors (Lipinski definition) is 2. The number of piperidine rings is 1. The van der Waals surface area contributed by atoms with Gasteiger partial charge in [0.2, 0.25) is 0 Å². The van der Waals surface area contributed by atoms with E-state index in [1.807, 2.05) is 0 Å². The zero-order chi connectivity index (χ0) is 8.81. The number of ether oxygens (including phenoxy) is 1. The molecular formula is C9H20N2O. The molecule has 1 saturated heterocycles. The highest BCUT2D eigenvalue weighted by Gasteiger charge is 2.14. The summed E-state index contributed by atoms with van der Waals surface area (Å²) >= 11 is 0. The van der Waals surface area contributed by atoms with Crippen molar-refractivity contribution in [3.05, 3.63) is 0 Å². The van der Waals surface area contributed by atoms with E-state index in [2.05, 4.69) is 17.6 Å². The van der Waals surface area contributed by atoms with Crippen molar-refractivity contribution in [3.8, 4) is 0 Å². The lowest BCUT2D eigenvalue weighted by Gasteiger charge is -2.26. The van der Waals surface area contributed by atoms with E-state index in [0.717, 1.165) is 19.7 Å². The third-order valence-electron chi connectivity index (χ3n) is 2.28. The van der Waals surface area contributed by atoms with Crippen molar-refractivity contribution >= 4 is 0 Å². The van der Waals surface area contributed by atoms with Crippen LogP contribution >= 0.6 is 0 Å². The Morgan fingerprint density at radius 2 is 2.17 bits per heavy atom. The van der Waals surface area contributed by atoms with E-state index in [4.69, 9.17) is 4.74 Å². The maximum absolute atomic E-state index is 5.07. The summed E-state index contributed by atoms with van der Waals surface area (Å²) in [7, 11) is 1.75. The van der Waals surface area contributed by atoms with E-state index >= 15 is 0 Å². The fraction of sp³-hybridized carbons (Fsp3) is 1.00. The van der Waals surface area contributed by atoms with Crippen molar-refractivity contribution in [1.29, 1.82) is 0 Å². The number of hydrogen-bond acceptors (Lipinski definition) is 3. The largest absolute Gasteiger partial charge is 0.383 e. The lowest BCUT2D eigenvalue weighted by Crippen LogP contribution is -2.45. The van der Waals surface area contributed by atoms with E-state index in [1.165, 1.54) is 12.8 Å².